The number of halogens is 3. The Balaban J connectivity index is 2.33. The lowest BCUT2D eigenvalue weighted by atomic mass is 10.1. The number of hydrogen-bond acceptors (Lipinski definition) is 3. The van der Waals surface area contributed by atoms with Crippen molar-refractivity contribution in [2.75, 3.05) is 13.2 Å². The molecular weight excluding hydrogens is 249 g/mol. The van der Waals surface area contributed by atoms with E-state index in [0.29, 0.717) is 12.2 Å². The lowest BCUT2D eigenvalue weighted by Gasteiger charge is -2.09. The highest BCUT2D eigenvalue weighted by Crippen LogP contribution is 2.16. The molecule has 1 aromatic carbocycles. The molecule has 0 fully saturated rings. The Morgan fingerprint density at radius 2 is 1.78 bits per heavy atom. The standard InChI is InChI=1S/C12H13F3O3/c1-9(16)8-10-2-4-11(5-3-10)17-6-7-18-12(13,14)15/h2-5H,6-8H2,1H3. The van der Waals surface area contributed by atoms with Crippen LogP contribution in [0.1, 0.15) is 12.5 Å². The van der Waals surface area contributed by atoms with Gasteiger partial charge in [-0.1, -0.05) is 12.1 Å². The first-order valence-electron chi connectivity index (χ1n) is 5.29. The maximum Gasteiger partial charge on any atom is 0.522 e. The van der Waals surface area contributed by atoms with Gasteiger partial charge in [-0.25, -0.2) is 0 Å². The van der Waals surface area contributed by atoms with Gasteiger partial charge in [0.2, 0.25) is 0 Å². The summed E-state index contributed by atoms with van der Waals surface area (Å²) in [5.74, 6) is 0.482. The normalized spacial score (nSPS) is 11.3. The number of rotatable bonds is 6. The second-order valence-electron chi connectivity index (χ2n) is 3.67. The molecule has 0 aliphatic heterocycles. The minimum Gasteiger partial charge on any atom is -0.491 e. The number of carbonyl (C=O) groups is 1. The van der Waals surface area contributed by atoms with Crippen molar-refractivity contribution in [1.82, 2.24) is 0 Å². The molecule has 0 bridgehead atoms. The van der Waals surface area contributed by atoms with Crippen LogP contribution in [0.3, 0.4) is 0 Å². The van der Waals surface area contributed by atoms with Gasteiger partial charge in [0.25, 0.3) is 0 Å². The van der Waals surface area contributed by atoms with E-state index in [2.05, 4.69) is 4.74 Å². The minimum absolute atomic E-state index is 0.0437. The Morgan fingerprint density at radius 3 is 2.28 bits per heavy atom. The van der Waals surface area contributed by atoms with Crippen LogP contribution in [0.4, 0.5) is 13.2 Å². The fraction of sp³-hybridized carbons (Fsp3) is 0.417. The highest BCUT2D eigenvalue weighted by molar-refractivity contribution is 5.78. The molecule has 1 aromatic rings. The summed E-state index contributed by atoms with van der Waals surface area (Å²) in [7, 11) is 0. The van der Waals surface area contributed by atoms with Crippen molar-refractivity contribution in [3.8, 4) is 5.75 Å². The molecule has 0 aliphatic rings. The van der Waals surface area contributed by atoms with Crippen LogP contribution >= 0.6 is 0 Å². The van der Waals surface area contributed by atoms with E-state index >= 15 is 0 Å². The predicted molar refractivity (Wildman–Crippen MR) is 58.3 cm³/mol. The predicted octanol–water partition coefficient (Wildman–Crippen LogP) is 2.73. The zero-order valence-corrected chi connectivity index (χ0v) is 9.79. The number of benzene rings is 1. The third-order valence-corrected chi connectivity index (χ3v) is 1.99. The summed E-state index contributed by atoms with van der Waals surface area (Å²) in [4.78, 5) is 10.8. The topological polar surface area (TPSA) is 35.5 Å². The van der Waals surface area contributed by atoms with Gasteiger partial charge in [-0.15, -0.1) is 13.2 Å². The van der Waals surface area contributed by atoms with Crippen molar-refractivity contribution >= 4 is 5.78 Å². The average Bonchev–Trinajstić information content (AvgIpc) is 2.24. The molecule has 0 amide bonds. The summed E-state index contributed by atoms with van der Waals surface area (Å²) in [6.07, 6.45) is -4.30. The second kappa shape index (κ2) is 6.39. The average molecular weight is 262 g/mol. The maximum absolute atomic E-state index is 11.6. The van der Waals surface area contributed by atoms with Gasteiger partial charge in [-0.05, 0) is 24.6 Å². The minimum atomic E-state index is -4.63. The molecule has 3 nitrogen and oxygen atoms in total. The van der Waals surface area contributed by atoms with Crippen molar-refractivity contribution in [1.29, 1.82) is 0 Å². The number of alkyl halides is 3. The van der Waals surface area contributed by atoms with Crippen LogP contribution < -0.4 is 4.74 Å². The molecule has 0 spiro atoms. The highest BCUT2D eigenvalue weighted by Gasteiger charge is 2.28. The van der Waals surface area contributed by atoms with Gasteiger partial charge in [-0.3, -0.25) is 9.53 Å². The van der Waals surface area contributed by atoms with Crippen LogP contribution in [0.25, 0.3) is 0 Å². The van der Waals surface area contributed by atoms with E-state index in [4.69, 9.17) is 4.74 Å². The summed E-state index contributed by atoms with van der Waals surface area (Å²) in [6.45, 7) is 0.739. The molecule has 0 heterocycles. The van der Waals surface area contributed by atoms with E-state index < -0.39 is 13.0 Å². The SMILES string of the molecule is CC(=O)Cc1ccc(OCCOC(F)(F)F)cc1. The zero-order chi connectivity index (χ0) is 13.6. The molecule has 0 aliphatic carbocycles. The molecule has 0 unspecified atom stereocenters. The van der Waals surface area contributed by atoms with Gasteiger partial charge in [0, 0.05) is 6.42 Å². The van der Waals surface area contributed by atoms with Gasteiger partial charge < -0.3 is 4.74 Å². The van der Waals surface area contributed by atoms with Crippen molar-refractivity contribution in [2.45, 2.75) is 19.7 Å². The van der Waals surface area contributed by atoms with Gasteiger partial charge in [0.15, 0.2) is 0 Å². The van der Waals surface area contributed by atoms with E-state index in [1.165, 1.54) is 6.92 Å². The fourth-order valence-corrected chi connectivity index (χ4v) is 1.31. The molecule has 18 heavy (non-hydrogen) atoms. The number of ketones is 1. The molecule has 6 heteroatoms. The van der Waals surface area contributed by atoms with Crippen molar-refractivity contribution in [3.05, 3.63) is 29.8 Å². The smallest absolute Gasteiger partial charge is 0.491 e. The van der Waals surface area contributed by atoms with Crippen molar-refractivity contribution in [3.63, 3.8) is 0 Å². The molecule has 0 saturated carbocycles. The summed E-state index contributed by atoms with van der Waals surface area (Å²) in [5.41, 5.74) is 0.835. The first-order chi connectivity index (χ1) is 8.37. The van der Waals surface area contributed by atoms with E-state index in [1.54, 1.807) is 24.3 Å². The quantitative estimate of drug-likeness (QED) is 0.739. The molecular formula is C12H13F3O3. The molecule has 0 atom stereocenters. The lowest BCUT2D eigenvalue weighted by molar-refractivity contribution is -0.325. The van der Waals surface area contributed by atoms with Crippen LogP contribution in [-0.4, -0.2) is 25.4 Å². The van der Waals surface area contributed by atoms with E-state index in [1.807, 2.05) is 0 Å². The van der Waals surface area contributed by atoms with Crippen LogP contribution in [0, 0.1) is 0 Å². The van der Waals surface area contributed by atoms with Crippen molar-refractivity contribution in [2.24, 2.45) is 0 Å². The largest absolute Gasteiger partial charge is 0.522 e. The zero-order valence-electron chi connectivity index (χ0n) is 9.79. The Hall–Kier alpha value is -1.56. The Bertz CT molecular complexity index is 385. The fourth-order valence-electron chi connectivity index (χ4n) is 1.31. The van der Waals surface area contributed by atoms with E-state index in [-0.39, 0.29) is 12.4 Å². The molecule has 0 saturated heterocycles. The number of hydrogen-bond donors (Lipinski definition) is 0. The Morgan fingerprint density at radius 1 is 1.17 bits per heavy atom. The third-order valence-electron chi connectivity index (χ3n) is 1.99. The van der Waals surface area contributed by atoms with E-state index in [9.17, 15) is 18.0 Å². The second-order valence-corrected chi connectivity index (χ2v) is 3.67. The lowest BCUT2D eigenvalue weighted by Crippen LogP contribution is -2.18. The number of carbonyl (C=O) groups excluding carboxylic acids is 1. The monoisotopic (exact) mass is 262 g/mol. The Kier molecular flexibility index (Phi) is 5.15. The highest BCUT2D eigenvalue weighted by atomic mass is 19.4. The molecule has 0 radical (unpaired) electrons. The molecule has 1 rings (SSSR count). The van der Waals surface area contributed by atoms with Gasteiger partial charge in [0.1, 0.15) is 18.1 Å². The first-order valence-corrected chi connectivity index (χ1v) is 5.29. The summed E-state index contributed by atoms with van der Waals surface area (Å²) < 4.78 is 43.5. The summed E-state index contributed by atoms with van der Waals surface area (Å²) in [5, 5.41) is 0. The molecule has 100 valence electrons. The van der Waals surface area contributed by atoms with Gasteiger partial charge >= 0.3 is 6.36 Å². The summed E-state index contributed by atoms with van der Waals surface area (Å²) in [6, 6.07) is 6.60. The van der Waals surface area contributed by atoms with Crippen LogP contribution in [0.5, 0.6) is 5.75 Å². The van der Waals surface area contributed by atoms with E-state index in [0.717, 1.165) is 5.56 Å². The van der Waals surface area contributed by atoms with Gasteiger partial charge in [-0.2, -0.15) is 0 Å². The molecule has 0 N–H and O–H groups in total. The summed E-state index contributed by atoms with van der Waals surface area (Å²) >= 11 is 0. The molecule has 0 aromatic heterocycles. The van der Waals surface area contributed by atoms with Crippen LogP contribution in [0.2, 0.25) is 0 Å². The van der Waals surface area contributed by atoms with Gasteiger partial charge in [0.05, 0.1) is 6.61 Å². The third kappa shape index (κ3) is 6.24. The Labute approximate surface area is 103 Å². The number of ether oxygens (including phenoxy) is 2. The van der Waals surface area contributed by atoms with Crippen LogP contribution in [0.15, 0.2) is 24.3 Å². The number of Topliss-reactive ketones (excluding diaryl/α,β-unsaturated/α-hetero) is 1. The van der Waals surface area contributed by atoms with Crippen LogP contribution in [-0.2, 0) is 16.0 Å². The maximum atomic E-state index is 11.6. The first kappa shape index (κ1) is 14.5. The van der Waals surface area contributed by atoms with Crippen molar-refractivity contribution < 1.29 is 27.4 Å².